The number of nitrogens with zero attached hydrogens (tertiary/aromatic N) is 2. The van der Waals surface area contributed by atoms with Gasteiger partial charge in [-0.25, -0.2) is 0 Å². The standard InChI is InChI=1S/C21H27N3O3/c1-4-5-8-22-17-6-9-23-18(13-17)21(25)24-10-7-15-11-19(26-2)20(27-3)12-16(15)14-24/h6,9,11-13H,4-5,7-8,10,14H2,1-3H3,(H,22,23). The summed E-state index contributed by atoms with van der Waals surface area (Å²) in [5.74, 6) is 1.36. The first-order valence-electron chi connectivity index (χ1n) is 9.39. The molecule has 2 heterocycles. The number of ether oxygens (including phenoxy) is 2. The third-order valence-electron chi connectivity index (χ3n) is 4.84. The van der Waals surface area contributed by atoms with Gasteiger partial charge in [0.1, 0.15) is 5.69 Å². The molecule has 1 aromatic carbocycles. The van der Waals surface area contributed by atoms with E-state index in [9.17, 15) is 4.79 Å². The van der Waals surface area contributed by atoms with Crippen LogP contribution in [0.15, 0.2) is 30.5 Å². The first-order chi connectivity index (χ1) is 13.2. The van der Waals surface area contributed by atoms with Crippen LogP contribution in [0.1, 0.15) is 41.4 Å². The summed E-state index contributed by atoms with van der Waals surface area (Å²) in [7, 11) is 3.26. The smallest absolute Gasteiger partial charge is 0.272 e. The summed E-state index contributed by atoms with van der Waals surface area (Å²) in [5, 5.41) is 3.35. The normalized spacial score (nSPS) is 13.1. The molecular weight excluding hydrogens is 342 g/mol. The van der Waals surface area contributed by atoms with Crippen LogP contribution < -0.4 is 14.8 Å². The number of nitrogens with one attached hydrogen (secondary N) is 1. The molecule has 1 amide bonds. The number of amides is 1. The number of hydrogen-bond acceptors (Lipinski definition) is 5. The van der Waals surface area contributed by atoms with Crippen LogP contribution in [0.5, 0.6) is 11.5 Å². The average Bonchev–Trinajstić information content (AvgIpc) is 2.72. The lowest BCUT2D eigenvalue weighted by Gasteiger charge is -2.29. The first kappa shape index (κ1) is 19.0. The van der Waals surface area contributed by atoms with Crippen LogP contribution in [-0.2, 0) is 13.0 Å². The molecule has 0 bridgehead atoms. The van der Waals surface area contributed by atoms with Gasteiger partial charge in [0.25, 0.3) is 5.91 Å². The number of carbonyl (C=O) groups is 1. The molecule has 0 radical (unpaired) electrons. The van der Waals surface area contributed by atoms with Gasteiger partial charge in [-0.2, -0.15) is 0 Å². The summed E-state index contributed by atoms with van der Waals surface area (Å²) in [4.78, 5) is 19.1. The Bertz CT molecular complexity index is 807. The molecule has 6 nitrogen and oxygen atoms in total. The SMILES string of the molecule is CCCCNc1ccnc(C(=O)N2CCc3cc(OC)c(OC)cc3C2)c1. The quantitative estimate of drug-likeness (QED) is 0.757. The predicted molar refractivity (Wildman–Crippen MR) is 106 cm³/mol. The average molecular weight is 369 g/mol. The largest absolute Gasteiger partial charge is 0.493 e. The number of fused-ring (bicyclic) bond motifs is 1. The maximum Gasteiger partial charge on any atom is 0.272 e. The minimum atomic E-state index is -0.0467. The Hall–Kier alpha value is -2.76. The van der Waals surface area contributed by atoms with Gasteiger partial charge in [-0.1, -0.05) is 13.3 Å². The van der Waals surface area contributed by atoms with Crippen LogP contribution in [0, 0.1) is 0 Å². The molecule has 0 unspecified atom stereocenters. The Balaban J connectivity index is 1.75. The van der Waals surface area contributed by atoms with E-state index in [1.807, 2.05) is 29.2 Å². The highest BCUT2D eigenvalue weighted by Gasteiger charge is 2.24. The maximum atomic E-state index is 12.9. The highest BCUT2D eigenvalue weighted by atomic mass is 16.5. The first-order valence-corrected chi connectivity index (χ1v) is 9.39. The van der Waals surface area contributed by atoms with Crippen molar-refractivity contribution in [2.45, 2.75) is 32.7 Å². The Morgan fingerprint density at radius 3 is 2.63 bits per heavy atom. The molecule has 0 aliphatic carbocycles. The van der Waals surface area contributed by atoms with Crippen molar-refractivity contribution in [3.63, 3.8) is 0 Å². The van der Waals surface area contributed by atoms with E-state index in [-0.39, 0.29) is 5.91 Å². The van der Waals surface area contributed by atoms with Gasteiger partial charge in [-0.05, 0) is 48.2 Å². The molecule has 0 fully saturated rings. The molecule has 1 aromatic heterocycles. The van der Waals surface area contributed by atoms with E-state index in [4.69, 9.17) is 9.47 Å². The monoisotopic (exact) mass is 369 g/mol. The zero-order valence-corrected chi connectivity index (χ0v) is 16.2. The molecule has 0 saturated carbocycles. The topological polar surface area (TPSA) is 63.7 Å². The molecule has 1 aliphatic rings. The summed E-state index contributed by atoms with van der Waals surface area (Å²) >= 11 is 0. The van der Waals surface area contributed by atoms with E-state index < -0.39 is 0 Å². The highest BCUT2D eigenvalue weighted by molar-refractivity contribution is 5.93. The number of aromatic nitrogens is 1. The Kier molecular flexibility index (Phi) is 6.16. The summed E-state index contributed by atoms with van der Waals surface area (Å²) in [6.45, 7) is 4.26. The predicted octanol–water partition coefficient (Wildman–Crippen LogP) is 3.51. The summed E-state index contributed by atoms with van der Waals surface area (Å²) in [6, 6.07) is 7.70. The van der Waals surface area contributed by atoms with Gasteiger partial charge in [0.2, 0.25) is 0 Å². The van der Waals surface area contributed by atoms with E-state index in [2.05, 4.69) is 17.2 Å². The molecule has 3 rings (SSSR count). The second-order valence-electron chi connectivity index (χ2n) is 6.66. The van der Waals surface area contributed by atoms with Crippen LogP contribution in [0.25, 0.3) is 0 Å². The lowest BCUT2D eigenvalue weighted by Crippen LogP contribution is -2.36. The van der Waals surface area contributed by atoms with E-state index in [1.165, 1.54) is 5.56 Å². The Morgan fingerprint density at radius 1 is 1.19 bits per heavy atom. The number of rotatable bonds is 7. The second-order valence-corrected chi connectivity index (χ2v) is 6.66. The number of carbonyl (C=O) groups excluding carboxylic acids is 1. The van der Waals surface area contributed by atoms with Gasteiger partial charge in [0.15, 0.2) is 11.5 Å². The highest BCUT2D eigenvalue weighted by Crippen LogP contribution is 2.33. The number of pyridine rings is 1. The fraction of sp³-hybridized carbons (Fsp3) is 0.429. The van der Waals surface area contributed by atoms with Crippen LogP contribution in [-0.4, -0.2) is 43.1 Å². The fourth-order valence-electron chi connectivity index (χ4n) is 3.29. The van der Waals surface area contributed by atoms with Crippen molar-refractivity contribution in [1.29, 1.82) is 0 Å². The van der Waals surface area contributed by atoms with E-state index in [1.54, 1.807) is 20.4 Å². The van der Waals surface area contributed by atoms with Crippen LogP contribution >= 0.6 is 0 Å². The van der Waals surface area contributed by atoms with Crippen molar-refractivity contribution < 1.29 is 14.3 Å². The molecule has 1 aliphatic heterocycles. The van der Waals surface area contributed by atoms with Crippen molar-refractivity contribution >= 4 is 11.6 Å². The van der Waals surface area contributed by atoms with E-state index in [0.717, 1.165) is 42.8 Å². The molecule has 0 atom stereocenters. The third-order valence-corrected chi connectivity index (χ3v) is 4.84. The van der Waals surface area contributed by atoms with Crippen LogP contribution in [0.4, 0.5) is 5.69 Å². The molecule has 2 aromatic rings. The van der Waals surface area contributed by atoms with Crippen molar-refractivity contribution in [3.05, 3.63) is 47.3 Å². The van der Waals surface area contributed by atoms with Gasteiger partial charge in [-0.3, -0.25) is 9.78 Å². The van der Waals surface area contributed by atoms with Gasteiger partial charge in [-0.15, -0.1) is 0 Å². The van der Waals surface area contributed by atoms with Gasteiger partial charge in [0.05, 0.1) is 14.2 Å². The molecular formula is C21H27N3O3. The minimum absolute atomic E-state index is 0.0467. The summed E-state index contributed by atoms with van der Waals surface area (Å²) < 4.78 is 10.8. The Labute approximate surface area is 160 Å². The molecule has 27 heavy (non-hydrogen) atoms. The van der Waals surface area contributed by atoms with Gasteiger partial charge >= 0.3 is 0 Å². The number of methoxy groups -OCH3 is 2. The van der Waals surface area contributed by atoms with E-state index >= 15 is 0 Å². The molecule has 0 saturated heterocycles. The van der Waals surface area contributed by atoms with Crippen molar-refractivity contribution in [1.82, 2.24) is 9.88 Å². The van der Waals surface area contributed by atoms with Gasteiger partial charge in [0, 0.05) is 31.5 Å². The van der Waals surface area contributed by atoms with Crippen LogP contribution in [0.2, 0.25) is 0 Å². The van der Waals surface area contributed by atoms with Gasteiger partial charge < -0.3 is 19.7 Å². The molecule has 1 N–H and O–H groups in total. The summed E-state index contributed by atoms with van der Waals surface area (Å²) in [5.41, 5.74) is 3.69. The van der Waals surface area contributed by atoms with Crippen molar-refractivity contribution in [2.24, 2.45) is 0 Å². The third kappa shape index (κ3) is 4.32. The summed E-state index contributed by atoms with van der Waals surface area (Å²) in [6.07, 6.45) is 4.70. The van der Waals surface area contributed by atoms with E-state index in [0.29, 0.717) is 24.5 Å². The number of anilines is 1. The van der Waals surface area contributed by atoms with Crippen molar-refractivity contribution in [2.75, 3.05) is 32.6 Å². The number of unbranched alkanes of at least 4 members (excludes halogenated alkanes) is 1. The molecule has 0 spiro atoms. The zero-order valence-electron chi connectivity index (χ0n) is 16.2. The minimum Gasteiger partial charge on any atom is -0.493 e. The molecule has 6 heteroatoms. The number of hydrogen-bond donors (Lipinski definition) is 1. The number of benzene rings is 1. The Morgan fingerprint density at radius 2 is 1.93 bits per heavy atom. The fourth-order valence-corrected chi connectivity index (χ4v) is 3.29. The van der Waals surface area contributed by atoms with Crippen molar-refractivity contribution in [3.8, 4) is 11.5 Å². The maximum absolute atomic E-state index is 12.9. The van der Waals surface area contributed by atoms with Crippen LogP contribution in [0.3, 0.4) is 0 Å². The zero-order chi connectivity index (χ0) is 19.2. The second kappa shape index (κ2) is 8.75. The lowest BCUT2D eigenvalue weighted by atomic mass is 9.98. The molecule has 144 valence electrons. The lowest BCUT2D eigenvalue weighted by molar-refractivity contribution is 0.0728.